The molecule has 178 valence electrons. The first-order valence-corrected chi connectivity index (χ1v) is 13.0. The summed E-state index contributed by atoms with van der Waals surface area (Å²) in [7, 11) is 0. The van der Waals surface area contributed by atoms with E-state index in [1.165, 1.54) is 44.9 Å². The van der Waals surface area contributed by atoms with Gasteiger partial charge in [-0.1, -0.05) is 51.2 Å². The van der Waals surface area contributed by atoms with Crippen LogP contribution < -0.4 is 5.32 Å². The van der Waals surface area contributed by atoms with Crippen LogP contribution in [0.3, 0.4) is 0 Å². The number of carbonyl (C=O) groups is 1. The third-order valence-electron chi connectivity index (χ3n) is 8.09. The van der Waals surface area contributed by atoms with Gasteiger partial charge in [0.05, 0.1) is 17.8 Å². The lowest BCUT2D eigenvalue weighted by molar-refractivity contribution is -0.137. The lowest BCUT2D eigenvalue weighted by Crippen LogP contribution is -2.43. The Labute approximate surface area is 189 Å². The third kappa shape index (κ3) is 7.57. The predicted molar refractivity (Wildman–Crippen MR) is 124 cm³/mol. The minimum Gasteiger partial charge on any atom is -0.481 e. The molecule has 5 nitrogen and oxygen atoms in total. The highest BCUT2D eigenvalue weighted by Crippen LogP contribution is 2.46. The van der Waals surface area contributed by atoms with Crippen LogP contribution in [0.4, 0.5) is 0 Å². The quantitative estimate of drug-likeness (QED) is 0.262. The van der Waals surface area contributed by atoms with Crippen molar-refractivity contribution in [3.05, 3.63) is 12.2 Å². The number of nitrogens with one attached hydrogen (secondary N) is 1. The predicted octanol–water partition coefficient (Wildman–Crippen LogP) is 5.07. The van der Waals surface area contributed by atoms with Gasteiger partial charge in [-0.15, -0.1) is 0 Å². The zero-order valence-electron chi connectivity index (χ0n) is 19.6. The Kier molecular flexibility index (Phi) is 9.86. The number of aliphatic hydroxyl groups is 1. The Hall–Kier alpha value is -0.910. The van der Waals surface area contributed by atoms with Crippen LogP contribution in [0, 0.1) is 17.8 Å². The molecule has 1 aliphatic carbocycles. The van der Waals surface area contributed by atoms with Gasteiger partial charge >= 0.3 is 5.97 Å². The van der Waals surface area contributed by atoms with Crippen LogP contribution in [0.5, 0.6) is 0 Å². The van der Waals surface area contributed by atoms with Gasteiger partial charge in [0.2, 0.25) is 0 Å². The summed E-state index contributed by atoms with van der Waals surface area (Å²) in [6.45, 7) is 3.77. The Morgan fingerprint density at radius 1 is 1.10 bits per heavy atom. The van der Waals surface area contributed by atoms with Crippen LogP contribution in [0.1, 0.15) is 96.8 Å². The van der Waals surface area contributed by atoms with Crippen molar-refractivity contribution in [1.29, 1.82) is 0 Å². The first-order chi connectivity index (χ1) is 15.0. The second-order valence-electron chi connectivity index (χ2n) is 10.4. The van der Waals surface area contributed by atoms with Gasteiger partial charge < -0.3 is 20.3 Å². The number of allylic oxidation sites excluding steroid dienone is 2. The van der Waals surface area contributed by atoms with E-state index in [1.54, 1.807) is 0 Å². The van der Waals surface area contributed by atoms with Gasteiger partial charge in [0.25, 0.3) is 0 Å². The molecule has 5 atom stereocenters. The van der Waals surface area contributed by atoms with E-state index in [0.29, 0.717) is 42.9 Å². The van der Waals surface area contributed by atoms with Crippen LogP contribution in [0.2, 0.25) is 0 Å². The topological polar surface area (TPSA) is 78.8 Å². The summed E-state index contributed by atoms with van der Waals surface area (Å²) < 4.78 is 6.24. The molecule has 5 heteroatoms. The molecule has 0 aromatic heterocycles. The second kappa shape index (κ2) is 12.4. The molecule has 3 rings (SSSR count). The third-order valence-corrected chi connectivity index (χ3v) is 8.09. The molecule has 0 aromatic carbocycles. The summed E-state index contributed by atoms with van der Waals surface area (Å²) in [4.78, 5) is 10.6. The highest BCUT2D eigenvalue weighted by Gasteiger charge is 2.47. The summed E-state index contributed by atoms with van der Waals surface area (Å²) >= 11 is 0. The van der Waals surface area contributed by atoms with Gasteiger partial charge in [-0.25, -0.2) is 0 Å². The van der Waals surface area contributed by atoms with E-state index in [1.807, 2.05) is 0 Å². The molecule has 31 heavy (non-hydrogen) atoms. The van der Waals surface area contributed by atoms with Crippen LogP contribution >= 0.6 is 0 Å². The molecule has 2 heterocycles. The molecular weight excluding hydrogens is 390 g/mol. The van der Waals surface area contributed by atoms with Crippen molar-refractivity contribution >= 4 is 5.97 Å². The summed E-state index contributed by atoms with van der Waals surface area (Å²) in [5, 5.41) is 23.4. The number of ether oxygens (including phenoxy) is 1. The van der Waals surface area contributed by atoms with E-state index in [0.717, 1.165) is 38.6 Å². The number of rotatable bonds is 14. The van der Waals surface area contributed by atoms with E-state index >= 15 is 0 Å². The molecule has 2 saturated heterocycles. The standard InChI is InChI=1S/C26H45NO4/c1-2-26(30,18-20-10-6-5-7-11-20)19-27-17-16-22-21(23-14-15-24(22)31-23)12-8-3-4-9-13-25(28)29/h3,8,20-24,27,30H,2,4-7,9-19H2,1H3,(H,28,29)/b8-3-/t21-,22+,23-,24+,26?/m1/s1. The fourth-order valence-corrected chi connectivity index (χ4v) is 6.20. The normalized spacial score (nSPS) is 30.8. The summed E-state index contributed by atoms with van der Waals surface area (Å²) in [5.41, 5.74) is -0.564. The van der Waals surface area contributed by atoms with Crippen LogP contribution in [-0.4, -0.2) is 47.1 Å². The van der Waals surface area contributed by atoms with Crippen molar-refractivity contribution in [2.75, 3.05) is 13.1 Å². The zero-order valence-corrected chi connectivity index (χ0v) is 19.6. The van der Waals surface area contributed by atoms with Crippen molar-refractivity contribution in [1.82, 2.24) is 5.32 Å². The molecule has 0 spiro atoms. The number of unbranched alkanes of at least 4 members (excludes halogenated alkanes) is 1. The summed E-state index contributed by atoms with van der Waals surface area (Å²) in [6.07, 6.45) is 19.9. The average molecular weight is 436 g/mol. The second-order valence-corrected chi connectivity index (χ2v) is 10.4. The molecule has 2 bridgehead atoms. The van der Waals surface area contributed by atoms with Crippen molar-refractivity contribution in [2.24, 2.45) is 17.8 Å². The van der Waals surface area contributed by atoms with Gasteiger partial charge in [0.15, 0.2) is 0 Å². The van der Waals surface area contributed by atoms with Crippen molar-refractivity contribution in [2.45, 2.75) is 115 Å². The first kappa shape index (κ1) is 24.7. The first-order valence-electron chi connectivity index (χ1n) is 13.0. The van der Waals surface area contributed by atoms with Crippen molar-refractivity contribution in [3.8, 4) is 0 Å². The fraction of sp³-hybridized carbons (Fsp3) is 0.885. The number of fused-ring (bicyclic) bond motifs is 2. The minimum atomic E-state index is -0.712. The van der Waals surface area contributed by atoms with Gasteiger partial charge in [-0.2, -0.15) is 0 Å². The lowest BCUT2D eigenvalue weighted by atomic mass is 9.75. The highest BCUT2D eigenvalue weighted by atomic mass is 16.5. The van der Waals surface area contributed by atoms with Crippen molar-refractivity contribution in [3.63, 3.8) is 0 Å². The molecule has 1 saturated carbocycles. The van der Waals surface area contributed by atoms with E-state index in [2.05, 4.69) is 24.4 Å². The molecule has 0 amide bonds. The molecule has 3 aliphatic rings. The monoisotopic (exact) mass is 435 g/mol. The van der Waals surface area contributed by atoms with Crippen LogP contribution in [0.15, 0.2) is 12.2 Å². The maximum Gasteiger partial charge on any atom is 0.303 e. The van der Waals surface area contributed by atoms with Gasteiger partial charge in [-0.05, 0) is 75.7 Å². The van der Waals surface area contributed by atoms with Crippen molar-refractivity contribution < 1.29 is 19.7 Å². The largest absolute Gasteiger partial charge is 0.481 e. The maximum atomic E-state index is 11.1. The molecule has 0 aromatic rings. The molecule has 1 unspecified atom stereocenters. The van der Waals surface area contributed by atoms with E-state index in [9.17, 15) is 9.90 Å². The lowest BCUT2D eigenvalue weighted by Gasteiger charge is -2.33. The smallest absolute Gasteiger partial charge is 0.303 e. The number of carboxylic acids is 1. The number of hydrogen-bond donors (Lipinski definition) is 3. The molecule has 3 N–H and O–H groups in total. The molecular formula is C26H45NO4. The molecule has 2 aliphatic heterocycles. The Balaban J connectivity index is 1.38. The van der Waals surface area contributed by atoms with Gasteiger partial charge in [-0.3, -0.25) is 4.79 Å². The SMILES string of the molecule is CCC(O)(CNCC[C@H]1[C@@H](C/C=C\CCCC(=O)O)[C@H]2CC[C@@H]1O2)CC1CCCCC1. The molecule has 3 fully saturated rings. The Bertz CT molecular complexity index is 574. The van der Waals surface area contributed by atoms with Gasteiger partial charge in [0, 0.05) is 13.0 Å². The molecule has 0 radical (unpaired) electrons. The van der Waals surface area contributed by atoms with E-state index in [-0.39, 0.29) is 6.42 Å². The van der Waals surface area contributed by atoms with E-state index in [4.69, 9.17) is 9.84 Å². The number of hydrogen-bond acceptors (Lipinski definition) is 4. The van der Waals surface area contributed by atoms with Gasteiger partial charge in [0.1, 0.15) is 0 Å². The number of carboxylic acid groups (broad SMARTS) is 1. The summed E-state index contributed by atoms with van der Waals surface area (Å²) in [6, 6.07) is 0. The van der Waals surface area contributed by atoms with Crippen LogP contribution in [-0.2, 0) is 9.53 Å². The average Bonchev–Trinajstić information content (AvgIpc) is 3.36. The maximum absolute atomic E-state index is 11.1. The number of aliphatic carboxylic acids is 1. The zero-order chi connectivity index (χ0) is 22.1. The Morgan fingerprint density at radius 2 is 1.84 bits per heavy atom. The van der Waals surface area contributed by atoms with E-state index < -0.39 is 11.6 Å². The summed E-state index contributed by atoms with van der Waals surface area (Å²) in [5.74, 6) is 1.17. The fourth-order valence-electron chi connectivity index (χ4n) is 6.20. The Morgan fingerprint density at radius 3 is 2.55 bits per heavy atom. The minimum absolute atomic E-state index is 0.251. The van der Waals surface area contributed by atoms with Crippen LogP contribution in [0.25, 0.3) is 0 Å². The highest BCUT2D eigenvalue weighted by molar-refractivity contribution is 5.66.